The molecule has 14 heavy (non-hydrogen) atoms. The van der Waals surface area contributed by atoms with E-state index in [2.05, 4.69) is 5.32 Å². The van der Waals surface area contributed by atoms with Crippen LogP contribution >= 0.6 is 0 Å². The fraction of sp³-hybridized carbons (Fsp3) is 0.900. The standard InChI is InChI=1S/C10H17NO3/c1-2-13-9(12)10-4-6-14-8(10)3-5-11-7-10/h8,11H,2-7H2,1H3/t8-,10+/m0/s1. The van der Waals surface area contributed by atoms with Gasteiger partial charge >= 0.3 is 5.97 Å². The predicted molar refractivity (Wildman–Crippen MR) is 50.9 cm³/mol. The van der Waals surface area contributed by atoms with E-state index in [1.807, 2.05) is 6.92 Å². The molecular weight excluding hydrogens is 182 g/mol. The van der Waals surface area contributed by atoms with Crippen LogP contribution in [0.3, 0.4) is 0 Å². The highest BCUT2D eigenvalue weighted by Gasteiger charge is 2.52. The van der Waals surface area contributed by atoms with Gasteiger partial charge in [-0.05, 0) is 26.3 Å². The van der Waals surface area contributed by atoms with Crippen LogP contribution in [0.5, 0.6) is 0 Å². The number of nitrogens with one attached hydrogen (secondary N) is 1. The van der Waals surface area contributed by atoms with E-state index in [1.54, 1.807) is 0 Å². The largest absolute Gasteiger partial charge is 0.465 e. The highest BCUT2D eigenvalue weighted by atomic mass is 16.5. The van der Waals surface area contributed by atoms with E-state index in [0.29, 0.717) is 19.8 Å². The Balaban J connectivity index is 2.13. The summed E-state index contributed by atoms with van der Waals surface area (Å²) in [5.74, 6) is -0.0882. The van der Waals surface area contributed by atoms with Gasteiger partial charge in [0.25, 0.3) is 0 Å². The van der Waals surface area contributed by atoms with E-state index in [4.69, 9.17) is 9.47 Å². The summed E-state index contributed by atoms with van der Waals surface area (Å²) in [4.78, 5) is 11.9. The molecule has 2 rings (SSSR count). The molecule has 0 aliphatic carbocycles. The molecule has 2 saturated heterocycles. The van der Waals surface area contributed by atoms with Crippen molar-refractivity contribution >= 4 is 5.97 Å². The fourth-order valence-corrected chi connectivity index (χ4v) is 2.39. The molecule has 2 heterocycles. The van der Waals surface area contributed by atoms with E-state index >= 15 is 0 Å². The lowest BCUT2D eigenvalue weighted by molar-refractivity contribution is -0.160. The fourth-order valence-electron chi connectivity index (χ4n) is 2.39. The van der Waals surface area contributed by atoms with Crippen molar-refractivity contribution in [1.29, 1.82) is 0 Å². The zero-order chi connectivity index (χ0) is 10.0. The topological polar surface area (TPSA) is 47.6 Å². The molecular formula is C10H17NO3. The Labute approximate surface area is 84.0 Å². The number of carbonyl (C=O) groups excluding carboxylic acids is 1. The summed E-state index contributed by atoms with van der Waals surface area (Å²) in [6, 6.07) is 0. The minimum absolute atomic E-state index is 0.0720. The second-order valence-electron chi connectivity index (χ2n) is 3.95. The molecule has 0 bridgehead atoms. The molecule has 80 valence electrons. The third-order valence-electron chi connectivity index (χ3n) is 3.19. The molecule has 0 aromatic rings. The van der Waals surface area contributed by atoms with E-state index in [0.717, 1.165) is 19.4 Å². The molecule has 2 atom stereocenters. The van der Waals surface area contributed by atoms with Crippen LogP contribution in [0.1, 0.15) is 19.8 Å². The lowest BCUT2D eigenvalue weighted by Crippen LogP contribution is -2.52. The number of fused-ring (bicyclic) bond motifs is 1. The zero-order valence-electron chi connectivity index (χ0n) is 8.54. The quantitative estimate of drug-likeness (QED) is 0.651. The number of carbonyl (C=O) groups is 1. The highest BCUT2D eigenvalue weighted by Crippen LogP contribution is 2.39. The molecule has 4 heteroatoms. The normalized spacial score (nSPS) is 36.5. The van der Waals surface area contributed by atoms with Crippen LogP contribution in [-0.4, -0.2) is 38.4 Å². The number of hydrogen-bond acceptors (Lipinski definition) is 4. The molecule has 2 aliphatic heterocycles. The lowest BCUT2D eigenvalue weighted by atomic mass is 9.77. The van der Waals surface area contributed by atoms with Crippen LogP contribution in [0, 0.1) is 5.41 Å². The maximum atomic E-state index is 11.9. The lowest BCUT2D eigenvalue weighted by Gasteiger charge is -2.35. The minimum Gasteiger partial charge on any atom is -0.465 e. The first kappa shape index (κ1) is 9.93. The Morgan fingerprint density at radius 2 is 2.57 bits per heavy atom. The molecule has 2 aliphatic rings. The average molecular weight is 199 g/mol. The third kappa shape index (κ3) is 1.42. The molecule has 0 aromatic heterocycles. The number of ether oxygens (including phenoxy) is 2. The average Bonchev–Trinajstić information content (AvgIpc) is 2.62. The Morgan fingerprint density at radius 3 is 3.36 bits per heavy atom. The summed E-state index contributed by atoms with van der Waals surface area (Å²) in [7, 11) is 0. The van der Waals surface area contributed by atoms with Crippen molar-refractivity contribution in [1.82, 2.24) is 5.32 Å². The number of hydrogen-bond donors (Lipinski definition) is 1. The minimum atomic E-state index is -0.395. The van der Waals surface area contributed by atoms with Crippen LogP contribution in [0.25, 0.3) is 0 Å². The van der Waals surface area contributed by atoms with Crippen molar-refractivity contribution < 1.29 is 14.3 Å². The number of esters is 1. The van der Waals surface area contributed by atoms with Gasteiger partial charge in [0.2, 0.25) is 0 Å². The van der Waals surface area contributed by atoms with Crippen LogP contribution < -0.4 is 5.32 Å². The van der Waals surface area contributed by atoms with E-state index in [9.17, 15) is 4.79 Å². The Hall–Kier alpha value is -0.610. The van der Waals surface area contributed by atoms with Crippen LogP contribution in [-0.2, 0) is 14.3 Å². The van der Waals surface area contributed by atoms with Crippen molar-refractivity contribution in [3.05, 3.63) is 0 Å². The molecule has 0 radical (unpaired) electrons. The van der Waals surface area contributed by atoms with E-state index in [1.165, 1.54) is 0 Å². The van der Waals surface area contributed by atoms with Crippen molar-refractivity contribution in [3.63, 3.8) is 0 Å². The van der Waals surface area contributed by atoms with Crippen molar-refractivity contribution in [2.75, 3.05) is 26.3 Å². The highest BCUT2D eigenvalue weighted by molar-refractivity contribution is 5.78. The molecule has 0 amide bonds. The zero-order valence-corrected chi connectivity index (χ0v) is 8.54. The molecule has 2 fully saturated rings. The first-order valence-electron chi connectivity index (χ1n) is 5.29. The molecule has 0 spiro atoms. The van der Waals surface area contributed by atoms with Crippen LogP contribution in [0.4, 0.5) is 0 Å². The van der Waals surface area contributed by atoms with Gasteiger partial charge < -0.3 is 14.8 Å². The Morgan fingerprint density at radius 1 is 1.71 bits per heavy atom. The van der Waals surface area contributed by atoms with Gasteiger partial charge in [-0.15, -0.1) is 0 Å². The van der Waals surface area contributed by atoms with Crippen LogP contribution in [0.2, 0.25) is 0 Å². The van der Waals surface area contributed by atoms with Crippen molar-refractivity contribution in [2.24, 2.45) is 5.41 Å². The summed E-state index contributed by atoms with van der Waals surface area (Å²) < 4.78 is 10.7. The summed E-state index contributed by atoms with van der Waals surface area (Å²) in [6.45, 7) is 4.62. The molecule has 0 aromatic carbocycles. The predicted octanol–water partition coefficient (Wildman–Crippen LogP) is 0.318. The molecule has 1 N–H and O–H groups in total. The maximum absolute atomic E-state index is 11.9. The first-order valence-corrected chi connectivity index (χ1v) is 5.29. The summed E-state index contributed by atoms with van der Waals surface area (Å²) in [5, 5.41) is 3.26. The van der Waals surface area contributed by atoms with Gasteiger partial charge in [-0.2, -0.15) is 0 Å². The van der Waals surface area contributed by atoms with E-state index in [-0.39, 0.29) is 12.1 Å². The Bertz CT molecular complexity index is 231. The van der Waals surface area contributed by atoms with Gasteiger partial charge in [-0.25, -0.2) is 0 Å². The van der Waals surface area contributed by atoms with Gasteiger partial charge in [0.05, 0.1) is 12.7 Å². The van der Waals surface area contributed by atoms with Gasteiger partial charge in [-0.1, -0.05) is 0 Å². The number of piperidine rings is 1. The monoisotopic (exact) mass is 199 g/mol. The van der Waals surface area contributed by atoms with Crippen molar-refractivity contribution in [3.8, 4) is 0 Å². The second-order valence-corrected chi connectivity index (χ2v) is 3.95. The van der Waals surface area contributed by atoms with Crippen LogP contribution in [0.15, 0.2) is 0 Å². The van der Waals surface area contributed by atoms with E-state index < -0.39 is 5.41 Å². The maximum Gasteiger partial charge on any atom is 0.316 e. The molecule has 4 nitrogen and oxygen atoms in total. The summed E-state index contributed by atoms with van der Waals surface area (Å²) >= 11 is 0. The smallest absolute Gasteiger partial charge is 0.316 e. The summed E-state index contributed by atoms with van der Waals surface area (Å²) in [6.07, 6.45) is 1.78. The van der Waals surface area contributed by atoms with Gasteiger partial charge in [0, 0.05) is 13.2 Å². The van der Waals surface area contributed by atoms with Gasteiger partial charge in [-0.3, -0.25) is 4.79 Å². The van der Waals surface area contributed by atoms with Gasteiger partial charge in [0.1, 0.15) is 5.41 Å². The van der Waals surface area contributed by atoms with Crippen molar-refractivity contribution in [2.45, 2.75) is 25.9 Å². The molecule has 0 saturated carbocycles. The molecule has 0 unspecified atom stereocenters. The first-order chi connectivity index (χ1) is 6.79. The second kappa shape index (κ2) is 3.87. The third-order valence-corrected chi connectivity index (χ3v) is 3.19. The number of rotatable bonds is 2. The Kier molecular flexibility index (Phi) is 2.74. The SMILES string of the molecule is CCOC(=O)[C@@]12CCO[C@H]1CCNC2. The summed E-state index contributed by atoms with van der Waals surface area (Å²) in [5.41, 5.74) is -0.395. The van der Waals surface area contributed by atoms with Gasteiger partial charge in [0.15, 0.2) is 0 Å².